The van der Waals surface area contributed by atoms with E-state index in [-0.39, 0.29) is 24.8 Å². The van der Waals surface area contributed by atoms with Crippen LogP contribution in [-0.2, 0) is 4.79 Å². The first-order valence-corrected chi connectivity index (χ1v) is 17.6. The highest BCUT2D eigenvalue weighted by Gasteiger charge is 2.31. The minimum atomic E-state index is -2.55. The van der Waals surface area contributed by atoms with E-state index in [2.05, 4.69) is 15.5 Å². The normalized spacial score (nSPS) is 14.2. The molecule has 1 aliphatic rings. The van der Waals surface area contributed by atoms with Gasteiger partial charge in [-0.3, -0.25) is 19.1 Å². The average molecular weight is 631 g/mol. The van der Waals surface area contributed by atoms with Crippen molar-refractivity contribution < 1.29 is 19.1 Å². The lowest BCUT2D eigenvalue weighted by atomic mass is 10.00. The van der Waals surface area contributed by atoms with Crippen LogP contribution in [0, 0.1) is 6.92 Å². The zero-order valence-electron chi connectivity index (χ0n) is 25.3. The van der Waals surface area contributed by atoms with Crippen LogP contribution in [0.25, 0.3) is 5.69 Å². The summed E-state index contributed by atoms with van der Waals surface area (Å²) in [6, 6.07) is 19.6. The second-order valence-electron chi connectivity index (χ2n) is 11.2. The number of carbonyl (C=O) groups excluding carboxylic acids is 2. The number of likely N-dealkylation sites (N-methyl/N-ethyl adjacent to an activating group) is 1. The minimum Gasteiger partial charge on any atom is -0.497 e. The first kappa shape index (κ1) is 31.1. The van der Waals surface area contributed by atoms with E-state index in [1.807, 2.05) is 47.9 Å². The molecule has 12 heteroatoms. The zero-order valence-corrected chi connectivity index (χ0v) is 27.1. The van der Waals surface area contributed by atoms with E-state index in [1.165, 1.54) is 0 Å². The Labute approximate surface area is 262 Å². The summed E-state index contributed by atoms with van der Waals surface area (Å²) in [4.78, 5) is 43.4. The van der Waals surface area contributed by atoms with Gasteiger partial charge in [-0.25, -0.2) is 0 Å². The number of hydrogen-bond acceptors (Lipinski definition) is 7. The Kier molecular flexibility index (Phi) is 9.00. The smallest absolute Gasteiger partial charge is 0.251 e. The van der Waals surface area contributed by atoms with Crippen molar-refractivity contribution in [3.63, 3.8) is 0 Å². The molecule has 0 fully saturated rings. The average Bonchev–Trinajstić information content (AvgIpc) is 3.33. The number of aliphatic imine (C=N–C) groups is 1. The molecule has 0 radical (unpaired) electrons. The van der Waals surface area contributed by atoms with Crippen LogP contribution < -0.4 is 15.2 Å². The number of aryl methyl sites for hydroxylation is 1. The molecule has 44 heavy (non-hydrogen) atoms. The van der Waals surface area contributed by atoms with Gasteiger partial charge in [0, 0.05) is 41.9 Å². The lowest BCUT2D eigenvalue weighted by molar-refractivity contribution is -0.130. The molecule has 5 rings (SSSR count). The van der Waals surface area contributed by atoms with E-state index in [1.54, 1.807) is 62.5 Å². The van der Waals surface area contributed by atoms with Crippen molar-refractivity contribution in [2.45, 2.75) is 32.5 Å². The van der Waals surface area contributed by atoms with Crippen molar-refractivity contribution in [1.29, 1.82) is 0 Å². The highest BCUT2D eigenvalue weighted by atomic mass is 35.5. The molecule has 1 aromatic heterocycles. The maximum absolute atomic E-state index is 13.5. The summed E-state index contributed by atoms with van der Waals surface area (Å²) in [5.41, 5.74) is 3.65. The van der Waals surface area contributed by atoms with Gasteiger partial charge in [0.25, 0.3) is 5.91 Å². The third-order valence-electron chi connectivity index (χ3n) is 7.61. The summed E-state index contributed by atoms with van der Waals surface area (Å²) in [7, 11) is 0.767. The summed E-state index contributed by atoms with van der Waals surface area (Å²) >= 11 is 6.19. The van der Waals surface area contributed by atoms with Crippen LogP contribution in [0.2, 0.25) is 18.1 Å². The SMILES string of the molecule is COc1ccc2c(c1)C(c1ccc(Cl)cc1)=N[C@@H](CC(=O)N(C)CCNC(=O)c1cccc([Si](C)(C)O)c1)c1nnc(C)n1-2. The van der Waals surface area contributed by atoms with Gasteiger partial charge in [0.1, 0.15) is 17.6 Å². The number of fused-ring (bicyclic) bond motifs is 3. The molecule has 0 spiro atoms. The molecule has 4 aromatic rings. The predicted molar refractivity (Wildman–Crippen MR) is 173 cm³/mol. The van der Waals surface area contributed by atoms with E-state index < -0.39 is 14.4 Å². The third kappa shape index (κ3) is 6.59. The van der Waals surface area contributed by atoms with Crippen molar-refractivity contribution in [3.05, 3.63) is 100 Å². The minimum absolute atomic E-state index is 0.0447. The number of carbonyl (C=O) groups is 2. The number of amides is 2. The van der Waals surface area contributed by atoms with Crippen molar-refractivity contribution >= 4 is 42.6 Å². The van der Waals surface area contributed by atoms with Crippen molar-refractivity contribution in [2.75, 3.05) is 27.2 Å². The number of benzene rings is 3. The maximum Gasteiger partial charge on any atom is 0.251 e. The first-order valence-electron chi connectivity index (χ1n) is 14.3. The van der Waals surface area contributed by atoms with E-state index in [4.69, 9.17) is 21.3 Å². The number of nitrogens with zero attached hydrogens (tertiary/aromatic N) is 5. The number of rotatable bonds is 9. The van der Waals surface area contributed by atoms with Gasteiger partial charge in [-0.05, 0) is 67.7 Å². The van der Waals surface area contributed by atoms with Crippen LogP contribution in [0.1, 0.15) is 45.6 Å². The van der Waals surface area contributed by atoms with Crippen molar-refractivity contribution in [3.8, 4) is 11.4 Å². The van der Waals surface area contributed by atoms with E-state index >= 15 is 0 Å². The van der Waals surface area contributed by atoms with Crippen LogP contribution in [-0.4, -0.2) is 77.6 Å². The quantitative estimate of drug-likeness (QED) is 0.271. The molecule has 1 aliphatic heterocycles. The highest BCUT2D eigenvalue weighted by molar-refractivity contribution is 6.83. The number of aromatic nitrogens is 3. The molecule has 0 saturated heterocycles. The largest absolute Gasteiger partial charge is 0.497 e. The standard InChI is InChI=1S/C32H35ClN6O4Si/c1-20-36-37-31-27(19-29(40)38(2)16-15-34-32(41)22-7-6-8-25(17-22)44(4,5)42)35-30(21-9-11-23(33)12-10-21)26-18-24(43-3)13-14-28(26)39(20)31/h6-14,17-18,27,42H,15-16,19H2,1-5H3,(H,34,41)/t27-/m0/s1. The topological polar surface area (TPSA) is 122 Å². The van der Waals surface area contributed by atoms with Gasteiger partial charge in [-0.15, -0.1) is 10.2 Å². The van der Waals surface area contributed by atoms with Gasteiger partial charge in [0.05, 0.1) is 24.9 Å². The van der Waals surface area contributed by atoms with Crippen LogP contribution in [0.5, 0.6) is 5.75 Å². The van der Waals surface area contributed by atoms with Gasteiger partial charge in [-0.2, -0.15) is 0 Å². The summed E-state index contributed by atoms with van der Waals surface area (Å²) in [6.45, 7) is 6.04. The molecule has 2 amide bonds. The number of hydrogen-bond donors (Lipinski definition) is 2. The molecule has 1 atom stereocenters. The Morgan fingerprint density at radius 1 is 1.09 bits per heavy atom. The van der Waals surface area contributed by atoms with Gasteiger partial charge in [-0.1, -0.05) is 35.9 Å². The molecule has 0 aliphatic carbocycles. The molecule has 3 aromatic carbocycles. The molecular formula is C32H35ClN6O4Si. The Bertz CT molecular complexity index is 1730. The van der Waals surface area contributed by atoms with Crippen LogP contribution in [0.4, 0.5) is 0 Å². The van der Waals surface area contributed by atoms with E-state index in [0.717, 1.165) is 22.0 Å². The highest BCUT2D eigenvalue weighted by Crippen LogP contribution is 2.34. The molecule has 10 nitrogen and oxygen atoms in total. The third-order valence-corrected chi connectivity index (χ3v) is 9.58. The molecule has 0 unspecified atom stereocenters. The van der Waals surface area contributed by atoms with Crippen LogP contribution in [0.15, 0.2) is 71.7 Å². The predicted octanol–water partition coefficient (Wildman–Crippen LogP) is 3.81. The van der Waals surface area contributed by atoms with Crippen molar-refractivity contribution in [2.24, 2.45) is 4.99 Å². The van der Waals surface area contributed by atoms with Gasteiger partial charge in [0.2, 0.25) is 14.2 Å². The molecule has 0 bridgehead atoms. The zero-order chi connectivity index (χ0) is 31.6. The Balaban J connectivity index is 1.37. The monoisotopic (exact) mass is 630 g/mol. The molecule has 2 N–H and O–H groups in total. The Morgan fingerprint density at radius 2 is 1.84 bits per heavy atom. The summed E-state index contributed by atoms with van der Waals surface area (Å²) < 4.78 is 7.47. The van der Waals surface area contributed by atoms with Gasteiger partial charge >= 0.3 is 0 Å². The maximum atomic E-state index is 13.5. The fourth-order valence-corrected chi connectivity index (χ4v) is 6.24. The number of ether oxygens (including phenoxy) is 1. The number of halogens is 1. The summed E-state index contributed by atoms with van der Waals surface area (Å²) in [5, 5.41) is 13.0. The van der Waals surface area contributed by atoms with Gasteiger partial charge in [0.15, 0.2) is 5.82 Å². The summed E-state index contributed by atoms with van der Waals surface area (Å²) in [6.07, 6.45) is 0.0447. The molecule has 0 saturated carbocycles. The van der Waals surface area contributed by atoms with Crippen LogP contribution in [0.3, 0.4) is 0 Å². The molecule has 2 heterocycles. The fourth-order valence-electron chi connectivity index (χ4n) is 5.10. The first-order chi connectivity index (χ1) is 21.0. The van der Waals surface area contributed by atoms with Gasteiger partial charge < -0.3 is 19.7 Å². The summed E-state index contributed by atoms with van der Waals surface area (Å²) in [5.74, 6) is 1.48. The van der Waals surface area contributed by atoms with E-state index in [0.29, 0.717) is 40.2 Å². The fraction of sp³-hybridized carbons (Fsp3) is 0.281. The Morgan fingerprint density at radius 3 is 2.55 bits per heavy atom. The van der Waals surface area contributed by atoms with Crippen LogP contribution >= 0.6 is 11.6 Å². The van der Waals surface area contributed by atoms with E-state index in [9.17, 15) is 14.4 Å². The number of methoxy groups -OCH3 is 1. The number of nitrogens with one attached hydrogen (secondary N) is 1. The second-order valence-corrected chi connectivity index (χ2v) is 15.4. The van der Waals surface area contributed by atoms with Crippen molar-refractivity contribution in [1.82, 2.24) is 25.0 Å². The lowest BCUT2D eigenvalue weighted by Crippen LogP contribution is -2.42. The Hall–Kier alpha value is -4.32. The molecule has 228 valence electrons. The lowest BCUT2D eigenvalue weighted by Gasteiger charge is -2.20. The second kappa shape index (κ2) is 12.7. The molecular weight excluding hydrogens is 596 g/mol.